The van der Waals surface area contributed by atoms with Crippen LogP contribution in [0.15, 0.2) is 0 Å². The molecular formula is C18H44N4O2S2. The van der Waals surface area contributed by atoms with E-state index in [1.54, 1.807) is 21.6 Å². The van der Waals surface area contributed by atoms with Gasteiger partial charge >= 0.3 is 0 Å². The maximum Gasteiger partial charge on any atom is 0.207 e. The van der Waals surface area contributed by atoms with Crippen LogP contribution in [0.25, 0.3) is 0 Å². The van der Waals surface area contributed by atoms with Crippen LogP contribution in [0.4, 0.5) is 0 Å². The summed E-state index contributed by atoms with van der Waals surface area (Å²) in [4.78, 5) is 19.4. The van der Waals surface area contributed by atoms with E-state index in [9.17, 15) is 9.59 Å². The number of hydrogen-bond acceptors (Lipinski definition) is 7. The Morgan fingerprint density at radius 2 is 1.46 bits per heavy atom. The van der Waals surface area contributed by atoms with E-state index in [1.165, 1.54) is 6.42 Å². The van der Waals surface area contributed by atoms with Crippen LogP contribution in [0.3, 0.4) is 0 Å². The van der Waals surface area contributed by atoms with Crippen LogP contribution in [0.5, 0.6) is 0 Å². The van der Waals surface area contributed by atoms with Crippen molar-refractivity contribution in [2.45, 2.75) is 47.5 Å². The van der Waals surface area contributed by atoms with Crippen molar-refractivity contribution in [3.8, 4) is 0 Å². The predicted molar refractivity (Wildman–Crippen MR) is 122 cm³/mol. The molecule has 0 saturated heterocycles. The molecule has 0 aliphatic carbocycles. The fourth-order valence-corrected chi connectivity index (χ4v) is 2.44. The smallest absolute Gasteiger partial charge is 0.207 e. The van der Waals surface area contributed by atoms with Crippen molar-refractivity contribution < 1.29 is 9.59 Å². The van der Waals surface area contributed by atoms with Gasteiger partial charge in [0.1, 0.15) is 6.29 Å². The van der Waals surface area contributed by atoms with Gasteiger partial charge in [0.2, 0.25) is 6.41 Å². The lowest BCUT2D eigenvalue weighted by molar-refractivity contribution is -0.109. The zero-order valence-electron chi connectivity index (χ0n) is 17.8. The number of rotatable bonds is 12. The Morgan fingerprint density at radius 1 is 0.923 bits per heavy atom. The molecule has 8 heteroatoms. The molecule has 0 atom stereocenters. The van der Waals surface area contributed by atoms with E-state index in [0.29, 0.717) is 18.7 Å². The number of carbonyl (C=O) groups is 2. The summed E-state index contributed by atoms with van der Waals surface area (Å²) in [5, 5.41) is 5.47. The first-order valence-corrected chi connectivity index (χ1v) is 11.8. The van der Waals surface area contributed by atoms with Gasteiger partial charge in [-0.15, -0.1) is 0 Å². The van der Waals surface area contributed by atoms with Crippen molar-refractivity contribution in [2.75, 3.05) is 44.7 Å². The van der Waals surface area contributed by atoms with Crippen LogP contribution < -0.4 is 22.1 Å². The molecule has 0 aliphatic heterocycles. The van der Waals surface area contributed by atoms with Crippen molar-refractivity contribution in [1.29, 1.82) is 0 Å². The lowest BCUT2D eigenvalue weighted by atomic mass is 10.2. The van der Waals surface area contributed by atoms with Gasteiger partial charge < -0.3 is 26.9 Å². The van der Waals surface area contributed by atoms with Gasteiger partial charge in [0, 0.05) is 44.1 Å². The molecule has 0 fully saturated rings. The SMILES string of the molecule is CC(C)CC=O.CCC(C)C.CNCCN.NCCSSCCNC=O. The fourth-order valence-electron chi connectivity index (χ4n) is 0.662. The lowest BCUT2D eigenvalue weighted by Gasteiger charge is -1.97. The topological polar surface area (TPSA) is 110 Å². The van der Waals surface area contributed by atoms with Crippen LogP contribution in [0.1, 0.15) is 47.5 Å². The number of amides is 1. The van der Waals surface area contributed by atoms with Gasteiger partial charge in [-0.05, 0) is 18.9 Å². The van der Waals surface area contributed by atoms with Crippen LogP contribution in [-0.4, -0.2) is 57.4 Å². The summed E-state index contributed by atoms with van der Waals surface area (Å²) in [6.07, 6.45) is 3.67. The molecule has 0 bridgehead atoms. The second-order valence-corrected chi connectivity index (χ2v) is 8.70. The average molecular weight is 413 g/mol. The number of hydrogen-bond donors (Lipinski definition) is 4. The predicted octanol–water partition coefficient (Wildman–Crippen LogP) is 2.52. The lowest BCUT2D eigenvalue weighted by Crippen LogP contribution is -2.17. The summed E-state index contributed by atoms with van der Waals surface area (Å²) in [5.41, 5.74) is 10.3. The van der Waals surface area contributed by atoms with Gasteiger partial charge in [-0.1, -0.05) is 62.6 Å². The molecule has 6 nitrogen and oxygen atoms in total. The van der Waals surface area contributed by atoms with E-state index in [1.807, 2.05) is 20.9 Å². The maximum absolute atomic E-state index is 9.75. The molecule has 0 unspecified atom stereocenters. The van der Waals surface area contributed by atoms with E-state index in [4.69, 9.17) is 11.5 Å². The quantitative estimate of drug-likeness (QED) is 0.221. The van der Waals surface area contributed by atoms with Gasteiger partial charge in [0.25, 0.3) is 0 Å². The summed E-state index contributed by atoms with van der Waals surface area (Å²) in [6.45, 7) is 13.8. The molecular weight excluding hydrogens is 368 g/mol. The highest BCUT2D eigenvalue weighted by molar-refractivity contribution is 8.76. The van der Waals surface area contributed by atoms with Crippen LogP contribution in [0.2, 0.25) is 0 Å². The first kappa shape index (κ1) is 33.3. The van der Waals surface area contributed by atoms with Crippen molar-refractivity contribution >= 4 is 34.3 Å². The number of nitrogens with one attached hydrogen (secondary N) is 2. The van der Waals surface area contributed by atoms with E-state index >= 15 is 0 Å². The van der Waals surface area contributed by atoms with Crippen LogP contribution in [0, 0.1) is 11.8 Å². The third-order valence-corrected chi connectivity index (χ3v) is 4.92. The number of nitrogens with two attached hydrogens (primary N) is 2. The van der Waals surface area contributed by atoms with Crippen molar-refractivity contribution in [1.82, 2.24) is 10.6 Å². The molecule has 1 amide bonds. The van der Waals surface area contributed by atoms with E-state index in [2.05, 4.69) is 31.4 Å². The molecule has 160 valence electrons. The minimum absolute atomic E-state index is 0.530. The largest absolute Gasteiger partial charge is 0.358 e. The van der Waals surface area contributed by atoms with Gasteiger partial charge in [0.15, 0.2) is 0 Å². The highest BCUT2D eigenvalue weighted by Crippen LogP contribution is 2.18. The summed E-state index contributed by atoms with van der Waals surface area (Å²) < 4.78 is 0. The van der Waals surface area contributed by atoms with Crippen LogP contribution in [-0.2, 0) is 9.59 Å². The van der Waals surface area contributed by atoms with Gasteiger partial charge in [-0.2, -0.15) is 0 Å². The fraction of sp³-hybridized carbons (Fsp3) is 0.889. The third kappa shape index (κ3) is 65.0. The molecule has 0 rings (SSSR count). The first-order valence-electron chi connectivity index (χ1n) is 9.27. The molecule has 0 aromatic carbocycles. The molecule has 26 heavy (non-hydrogen) atoms. The summed E-state index contributed by atoms with van der Waals surface area (Å²) in [7, 11) is 5.35. The number of likely N-dealkylation sites (N-methyl/N-ethyl adjacent to an activating group) is 1. The normalized spacial score (nSPS) is 9.15. The molecule has 0 aliphatic rings. The molecule has 0 aromatic heterocycles. The molecule has 0 aromatic rings. The second kappa shape index (κ2) is 35.8. The number of aldehydes is 1. The molecule has 0 saturated carbocycles. The molecule has 6 N–H and O–H groups in total. The Hall–Kier alpha value is -0.280. The monoisotopic (exact) mass is 412 g/mol. The highest BCUT2D eigenvalue weighted by atomic mass is 33.1. The summed E-state index contributed by atoms with van der Waals surface area (Å²) >= 11 is 0. The zero-order valence-corrected chi connectivity index (χ0v) is 19.4. The Labute approximate surface area is 170 Å². The Morgan fingerprint density at radius 3 is 1.69 bits per heavy atom. The maximum atomic E-state index is 9.75. The Kier molecular flexibility index (Phi) is 45.8. The van der Waals surface area contributed by atoms with Gasteiger partial charge in [-0.25, -0.2) is 0 Å². The minimum atomic E-state index is 0.530. The van der Waals surface area contributed by atoms with Crippen molar-refractivity contribution in [2.24, 2.45) is 23.3 Å². The van der Waals surface area contributed by atoms with E-state index < -0.39 is 0 Å². The molecule has 0 heterocycles. The highest BCUT2D eigenvalue weighted by Gasteiger charge is 1.87. The van der Waals surface area contributed by atoms with E-state index in [0.717, 1.165) is 49.9 Å². The van der Waals surface area contributed by atoms with Crippen molar-refractivity contribution in [3.05, 3.63) is 0 Å². The second-order valence-electron chi connectivity index (χ2n) is 6.00. The zero-order chi connectivity index (χ0) is 21.1. The summed E-state index contributed by atoms with van der Waals surface area (Å²) in [6, 6.07) is 0. The third-order valence-electron chi connectivity index (χ3n) is 2.48. The van der Waals surface area contributed by atoms with Gasteiger partial charge in [-0.3, -0.25) is 4.79 Å². The Balaban J connectivity index is -0.000000131. The average Bonchev–Trinajstić information content (AvgIpc) is 2.60. The molecule has 0 spiro atoms. The van der Waals surface area contributed by atoms with E-state index in [-0.39, 0.29) is 0 Å². The summed E-state index contributed by atoms with van der Waals surface area (Å²) in [5.74, 6) is 3.34. The minimum Gasteiger partial charge on any atom is -0.358 e. The first-order chi connectivity index (χ1) is 12.4. The standard InChI is InChI=1S/C5H12N2OS2.C5H10O.C5H12.C3H10N2/c6-1-3-9-10-4-2-7-5-8;1-5(2)3-4-6;1-4-5(2)3;1-5-3-2-4/h5H,1-4,6H2,(H,7,8);4-5H,3H2,1-2H3;5H,4H2,1-3H3;5H,2-4H2,1H3. The van der Waals surface area contributed by atoms with Crippen molar-refractivity contribution in [3.63, 3.8) is 0 Å². The Bertz CT molecular complexity index is 245. The van der Waals surface area contributed by atoms with Gasteiger partial charge in [0.05, 0.1) is 0 Å². The number of carbonyl (C=O) groups excluding carboxylic acids is 2. The molecule has 0 radical (unpaired) electrons. The van der Waals surface area contributed by atoms with Crippen LogP contribution >= 0.6 is 21.6 Å².